The van der Waals surface area contributed by atoms with Gasteiger partial charge in [0.2, 0.25) is 12.1 Å². The average molecular weight is 390 g/mol. The highest BCUT2D eigenvalue weighted by Crippen LogP contribution is 2.41. The van der Waals surface area contributed by atoms with Crippen molar-refractivity contribution in [1.82, 2.24) is 9.55 Å². The van der Waals surface area contributed by atoms with E-state index in [1.54, 1.807) is 0 Å². The molecule has 0 saturated carbocycles. The van der Waals surface area contributed by atoms with Gasteiger partial charge in [0.1, 0.15) is 17.7 Å². The standard InChI is InChI=1S/C15H20F2N4O6/c1-7(23)8(18)2-3-11(24)19-10-4-5-21(14(26)20-10)13-15(16,17)12(25)9(6-22)27-13/h4-5,8-9,12-13,22,25H,2-3,6,18H2,1H3,(H,19,20,24,26)/t8?,9-,12+,13-/m1/s1. The molecule has 1 aliphatic heterocycles. The Bertz CT molecular complexity index is 771. The Kier molecular flexibility index (Phi) is 6.36. The summed E-state index contributed by atoms with van der Waals surface area (Å²) in [6, 6.07) is 0.312. The maximum atomic E-state index is 14.1. The zero-order valence-corrected chi connectivity index (χ0v) is 14.3. The number of carbonyl (C=O) groups is 2. The highest BCUT2D eigenvalue weighted by molar-refractivity contribution is 5.90. The number of aromatic nitrogens is 2. The zero-order valence-electron chi connectivity index (χ0n) is 14.3. The van der Waals surface area contributed by atoms with E-state index in [0.717, 1.165) is 12.3 Å². The van der Waals surface area contributed by atoms with Gasteiger partial charge in [-0.1, -0.05) is 0 Å². The molecule has 1 fully saturated rings. The monoisotopic (exact) mass is 390 g/mol. The van der Waals surface area contributed by atoms with Crippen molar-refractivity contribution in [2.45, 2.75) is 50.2 Å². The second-order valence-electron chi connectivity index (χ2n) is 6.14. The predicted octanol–water partition coefficient (Wildman–Crippen LogP) is -1.24. The van der Waals surface area contributed by atoms with Crippen LogP contribution in [0, 0.1) is 0 Å². The average Bonchev–Trinajstić information content (AvgIpc) is 2.82. The van der Waals surface area contributed by atoms with E-state index in [1.807, 2.05) is 0 Å². The number of hydrogen-bond acceptors (Lipinski definition) is 8. The Balaban J connectivity index is 2.09. The summed E-state index contributed by atoms with van der Waals surface area (Å²) >= 11 is 0. The van der Waals surface area contributed by atoms with Crippen LogP contribution < -0.4 is 16.7 Å². The van der Waals surface area contributed by atoms with Crippen molar-refractivity contribution in [3.05, 3.63) is 22.7 Å². The first-order valence-electron chi connectivity index (χ1n) is 8.05. The SMILES string of the molecule is CC(=O)C(N)CCC(=O)Nc1ccn([C@@H]2O[C@H](CO)[C@H](O)C2(F)F)c(=O)n1. The van der Waals surface area contributed by atoms with E-state index in [0.29, 0.717) is 4.57 Å². The topological polar surface area (TPSA) is 157 Å². The first kappa shape index (κ1) is 21.0. The minimum atomic E-state index is -3.83. The number of carbonyl (C=O) groups excluding carboxylic acids is 2. The number of amides is 1. The van der Waals surface area contributed by atoms with Crippen molar-refractivity contribution in [2.24, 2.45) is 5.73 Å². The fraction of sp³-hybridized carbons (Fsp3) is 0.600. The van der Waals surface area contributed by atoms with Crippen LogP contribution in [0.2, 0.25) is 0 Å². The normalized spacial score (nSPS) is 25.2. The van der Waals surface area contributed by atoms with Gasteiger partial charge >= 0.3 is 11.6 Å². The molecule has 2 heterocycles. The molecular formula is C15H20F2N4O6. The van der Waals surface area contributed by atoms with E-state index in [1.165, 1.54) is 6.92 Å². The Labute approximate surface area is 151 Å². The van der Waals surface area contributed by atoms with Crippen molar-refractivity contribution in [3.8, 4) is 0 Å². The number of hydrogen-bond donors (Lipinski definition) is 4. The fourth-order valence-corrected chi connectivity index (χ4v) is 2.47. The molecule has 1 amide bonds. The number of rotatable bonds is 7. The number of ketones is 1. The molecule has 10 nitrogen and oxygen atoms in total. The third kappa shape index (κ3) is 4.53. The van der Waals surface area contributed by atoms with Gasteiger partial charge in [-0.3, -0.25) is 14.2 Å². The number of ether oxygens (including phenoxy) is 1. The molecule has 0 aromatic carbocycles. The van der Waals surface area contributed by atoms with Crippen molar-refractivity contribution in [3.63, 3.8) is 0 Å². The van der Waals surface area contributed by atoms with E-state index < -0.39 is 48.6 Å². The number of nitrogens with zero attached hydrogens (tertiary/aromatic N) is 2. The zero-order chi connectivity index (χ0) is 20.4. The molecule has 0 aliphatic carbocycles. The van der Waals surface area contributed by atoms with Gasteiger partial charge in [0.05, 0.1) is 12.6 Å². The lowest BCUT2D eigenvalue weighted by Crippen LogP contribution is -2.41. The van der Waals surface area contributed by atoms with Gasteiger partial charge in [0, 0.05) is 12.6 Å². The molecular weight excluding hydrogens is 370 g/mol. The molecule has 1 saturated heterocycles. The molecule has 1 unspecified atom stereocenters. The maximum Gasteiger partial charge on any atom is 0.351 e. The third-order valence-corrected chi connectivity index (χ3v) is 4.11. The minimum absolute atomic E-state index is 0.0975. The highest BCUT2D eigenvalue weighted by Gasteiger charge is 2.59. The minimum Gasteiger partial charge on any atom is -0.394 e. The van der Waals surface area contributed by atoms with Crippen LogP contribution in [0.1, 0.15) is 26.0 Å². The maximum absolute atomic E-state index is 14.1. The number of aliphatic hydroxyl groups excluding tert-OH is 2. The number of Topliss-reactive ketones (excluding diaryl/α,β-unsaturated/α-hetero) is 1. The van der Waals surface area contributed by atoms with E-state index in [-0.39, 0.29) is 24.4 Å². The molecule has 1 aliphatic rings. The molecule has 0 radical (unpaired) electrons. The first-order valence-corrected chi connectivity index (χ1v) is 8.05. The number of anilines is 1. The van der Waals surface area contributed by atoms with Crippen LogP contribution in [0.4, 0.5) is 14.6 Å². The molecule has 1 aromatic heterocycles. The molecule has 27 heavy (non-hydrogen) atoms. The summed E-state index contributed by atoms with van der Waals surface area (Å²) in [7, 11) is 0. The Hall–Kier alpha value is -2.28. The molecule has 2 rings (SSSR count). The van der Waals surface area contributed by atoms with Crippen LogP contribution in [0.15, 0.2) is 17.1 Å². The first-order chi connectivity index (χ1) is 12.6. The summed E-state index contributed by atoms with van der Waals surface area (Å²) in [5.41, 5.74) is 4.36. The van der Waals surface area contributed by atoms with Gasteiger partial charge in [0.25, 0.3) is 0 Å². The van der Waals surface area contributed by atoms with Gasteiger partial charge in [-0.15, -0.1) is 0 Å². The molecule has 12 heteroatoms. The second kappa shape index (κ2) is 8.17. The number of halogens is 2. The van der Waals surface area contributed by atoms with Gasteiger partial charge in [0.15, 0.2) is 6.10 Å². The lowest BCUT2D eigenvalue weighted by atomic mass is 10.1. The number of alkyl halides is 2. The Morgan fingerprint density at radius 2 is 2.19 bits per heavy atom. The van der Waals surface area contributed by atoms with Crippen molar-refractivity contribution in [2.75, 3.05) is 11.9 Å². The molecule has 150 valence electrons. The summed E-state index contributed by atoms with van der Waals surface area (Å²) < 4.78 is 33.5. The summed E-state index contributed by atoms with van der Waals surface area (Å²) in [6.45, 7) is 0.439. The number of nitrogens with one attached hydrogen (secondary N) is 1. The quantitative estimate of drug-likeness (QED) is 0.450. The van der Waals surface area contributed by atoms with E-state index >= 15 is 0 Å². The lowest BCUT2D eigenvalue weighted by molar-refractivity contribution is -0.141. The fourth-order valence-electron chi connectivity index (χ4n) is 2.47. The molecule has 0 spiro atoms. The van der Waals surface area contributed by atoms with Gasteiger partial charge < -0.3 is 26.0 Å². The third-order valence-electron chi connectivity index (χ3n) is 4.11. The summed E-state index contributed by atoms with van der Waals surface area (Å²) in [5, 5.41) is 20.8. The van der Waals surface area contributed by atoms with E-state index in [9.17, 15) is 28.3 Å². The van der Waals surface area contributed by atoms with Gasteiger partial charge in [-0.25, -0.2) is 4.79 Å². The number of aliphatic hydroxyl groups is 2. The van der Waals surface area contributed by atoms with Crippen LogP contribution in [0.3, 0.4) is 0 Å². The molecule has 5 N–H and O–H groups in total. The van der Waals surface area contributed by atoms with Crippen molar-refractivity contribution < 1.29 is 33.3 Å². The van der Waals surface area contributed by atoms with E-state index in [4.69, 9.17) is 15.6 Å². The van der Waals surface area contributed by atoms with Gasteiger partial charge in [-0.2, -0.15) is 13.8 Å². The van der Waals surface area contributed by atoms with Crippen LogP contribution in [-0.2, 0) is 14.3 Å². The van der Waals surface area contributed by atoms with Crippen molar-refractivity contribution >= 4 is 17.5 Å². The smallest absolute Gasteiger partial charge is 0.351 e. The van der Waals surface area contributed by atoms with Crippen LogP contribution in [-0.4, -0.2) is 62.2 Å². The van der Waals surface area contributed by atoms with Crippen LogP contribution >= 0.6 is 0 Å². The highest BCUT2D eigenvalue weighted by atomic mass is 19.3. The lowest BCUT2D eigenvalue weighted by Gasteiger charge is -2.21. The van der Waals surface area contributed by atoms with E-state index in [2.05, 4.69) is 10.3 Å². The van der Waals surface area contributed by atoms with Crippen LogP contribution in [0.5, 0.6) is 0 Å². The van der Waals surface area contributed by atoms with Gasteiger partial charge in [-0.05, 0) is 19.4 Å². The summed E-state index contributed by atoms with van der Waals surface area (Å²) in [5.74, 6) is -4.84. The summed E-state index contributed by atoms with van der Waals surface area (Å²) in [6.07, 6.45) is -5.06. The molecule has 1 aromatic rings. The van der Waals surface area contributed by atoms with Crippen molar-refractivity contribution in [1.29, 1.82) is 0 Å². The predicted molar refractivity (Wildman–Crippen MR) is 87.0 cm³/mol. The van der Waals surface area contributed by atoms with Crippen LogP contribution in [0.25, 0.3) is 0 Å². The Morgan fingerprint density at radius 1 is 1.52 bits per heavy atom. The molecule has 0 bridgehead atoms. The second-order valence-corrected chi connectivity index (χ2v) is 6.14. The summed E-state index contributed by atoms with van der Waals surface area (Å²) in [4.78, 5) is 38.3. The molecule has 4 atom stereocenters. The Morgan fingerprint density at radius 3 is 2.70 bits per heavy atom. The largest absolute Gasteiger partial charge is 0.394 e. The number of nitrogens with two attached hydrogens (primary N) is 1.